The fraction of sp³-hybridized carbons (Fsp3) is 0.250. The van der Waals surface area contributed by atoms with Gasteiger partial charge in [-0.15, -0.1) is 0 Å². The molecule has 124 valence electrons. The summed E-state index contributed by atoms with van der Waals surface area (Å²) in [6.45, 7) is 4.78. The summed E-state index contributed by atoms with van der Waals surface area (Å²) in [5.41, 5.74) is 2.15. The van der Waals surface area contributed by atoms with E-state index in [0.29, 0.717) is 4.80 Å². The van der Waals surface area contributed by atoms with E-state index in [1.165, 1.54) is 17.4 Å². The molecule has 0 fully saturated rings. The number of nitrogens with zero attached hydrogens (tertiary/aromatic N) is 3. The Balaban J connectivity index is 2.09. The van der Waals surface area contributed by atoms with Crippen molar-refractivity contribution in [3.05, 3.63) is 56.6 Å². The molecule has 0 atom stereocenters. The average molecular weight is 345 g/mol. The molecule has 1 amide bonds. The quantitative estimate of drug-likeness (QED) is 0.533. The minimum atomic E-state index is -0.684. The second-order valence-electron chi connectivity index (χ2n) is 5.32. The highest BCUT2D eigenvalue weighted by molar-refractivity contribution is 7.16. The molecule has 0 unspecified atom stereocenters. The van der Waals surface area contributed by atoms with Crippen molar-refractivity contribution in [3.63, 3.8) is 0 Å². The van der Waals surface area contributed by atoms with Crippen molar-refractivity contribution in [1.29, 1.82) is 0 Å². The number of thiazole rings is 1. The third kappa shape index (κ3) is 3.00. The van der Waals surface area contributed by atoms with Crippen molar-refractivity contribution in [3.8, 4) is 0 Å². The largest absolute Gasteiger partial charge is 0.433 e. The molecule has 3 aromatic rings. The lowest BCUT2D eigenvalue weighted by Gasteiger charge is -2.02. The van der Waals surface area contributed by atoms with Crippen molar-refractivity contribution < 1.29 is 14.1 Å². The Morgan fingerprint density at radius 1 is 1.38 bits per heavy atom. The van der Waals surface area contributed by atoms with Crippen molar-refractivity contribution >= 4 is 33.3 Å². The second kappa shape index (κ2) is 6.40. The number of aryl methyl sites for hydroxylation is 2. The molecule has 0 bridgehead atoms. The van der Waals surface area contributed by atoms with Gasteiger partial charge in [-0.05, 0) is 37.1 Å². The normalized spacial score (nSPS) is 12.0. The van der Waals surface area contributed by atoms with Gasteiger partial charge >= 0.3 is 11.8 Å². The Bertz CT molecular complexity index is 996. The minimum absolute atomic E-state index is 0.140. The van der Waals surface area contributed by atoms with Gasteiger partial charge in [0.15, 0.2) is 4.80 Å². The summed E-state index contributed by atoms with van der Waals surface area (Å²) in [5, 5.41) is 10.7. The third-order valence-electron chi connectivity index (χ3n) is 3.47. The Kier molecular flexibility index (Phi) is 4.30. The van der Waals surface area contributed by atoms with Gasteiger partial charge in [0.25, 0.3) is 0 Å². The molecule has 0 saturated carbocycles. The Morgan fingerprint density at radius 3 is 2.83 bits per heavy atom. The number of rotatable bonds is 4. The van der Waals surface area contributed by atoms with Gasteiger partial charge in [-0.1, -0.05) is 24.3 Å². The summed E-state index contributed by atoms with van der Waals surface area (Å²) >= 11 is 1.41. The average Bonchev–Trinajstić information content (AvgIpc) is 3.13. The van der Waals surface area contributed by atoms with Crippen LogP contribution in [0.3, 0.4) is 0 Å². The number of hydrogen-bond donors (Lipinski definition) is 0. The molecule has 24 heavy (non-hydrogen) atoms. The zero-order valence-corrected chi connectivity index (χ0v) is 14.0. The second-order valence-corrected chi connectivity index (χ2v) is 6.33. The number of carbonyl (C=O) groups is 1. The molecule has 0 saturated heterocycles. The highest BCUT2D eigenvalue weighted by Crippen LogP contribution is 2.20. The highest BCUT2D eigenvalue weighted by atomic mass is 32.1. The number of benzene rings is 1. The number of furan rings is 1. The van der Waals surface area contributed by atoms with Gasteiger partial charge in [0, 0.05) is 6.54 Å². The predicted octanol–water partition coefficient (Wildman–Crippen LogP) is 3.66. The first-order chi connectivity index (χ1) is 11.5. The van der Waals surface area contributed by atoms with Gasteiger partial charge in [-0.2, -0.15) is 4.99 Å². The minimum Gasteiger partial charge on any atom is -0.395 e. The summed E-state index contributed by atoms with van der Waals surface area (Å²) in [5.74, 6) is -1.24. The monoisotopic (exact) mass is 345 g/mol. The van der Waals surface area contributed by atoms with Crippen LogP contribution in [0.5, 0.6) is 0 Å². The van der Waals surface area contributed by atoms with E-state index in [0.717, 1.165) is 34.8 Å². The van der Waals surface area contributed by atoms with Crippen LogP contribution in [0, 0.1) is 17.0 Å². The fourth-order valence-electron chi connectivity index (χ4n) is 2.39. The maximum Gasteiger partial charge on any atom is 0.433 e. The lowest BCUT2D eigenvalue weighted by atomic mass is 10.2. The molecule has 0 N–H and O–H groups in total. The zero-order chi connectivity index (χ0) is 17.3. The van der Waals surface area contributed by atoms with Gasteiger partial charge in [0.05, 0.1) is 16.3 Å². The number of carbonyl (C=O) groups excluding carboxylic acids is 1. The van der Waals surface area contributed by atoms with Crippen LogP contribution < -0.4 is 4.80 Å². The van der Waals surface area contributed by atoms with E-state index >= 15 is 0 Å². The van der Waals surface area contributed by atoms with Crippen molar-refractivity contribution in [2.75, 3.05) is 0 Å². The number of fused-ring (bicyclic) bond motifs is 1. The van der Waals surface area contributed by atoms with Gasteiger partial charge in [-0.3, -0.25) is 14.9 Å². The molecule has 1 aromatic carbocycles. The summed E-state index contributed by atoms with van der Waals surface area (Å²) in [6.07, 6.45) is 0.896. The standard InChI is InChI=1S/C16H15N3O4S/c1-3-8-18-11-5-4-10(2)9-13(11)24-16(18)17-15(20)12-6-7-14(23-12)19(21)22/h4-7,9H,3,8H2,1-2H3. The molecule has 8 heteroatoms. The number of hydrogen-bond acceptors (Lipinski definition) is 5. The SMILES string of the molecule is CCCn1c(=NC(=O)c2ccc([N+](=O)[O-])o2)sc2cc(C)ccc21. The maximum atomic E-state index is 12.3. The van der Waals surface area contributed by atoms with Crippen LogP contribution in [0.4, 0.5) is 5.88 Å². The van der Waals surface area contributed by atoms with E-state index in [1.807, 2.05) is 36.6 Å². The Morgan fingerprint density at radius 2 is 2.17 bits per heavy atom. The maximum absolute atomic E-state index is 12.3. The van der Waals surface area contributed by atoms with E-state index in [2.05, 4.69) is 4.99 Å². The highest BCUT2D eigenvalue weighted by Gasteiger charge is 2.17. The van der Waals surface area contributed by atoms with Crippen LogP contribution in [0.1, 0.15) is 29.5 Å². The zero-order valence-electron chi connectivity index (χ0n) is 13.2. The molecule has 0 aliphatic rings. The van der Waals surface area contributed by atoms with Gasteiger partial charge in [-0.25, -0.2) is 0 Å². The Labute approximate surface area is 141 Å². The molecular weight excluding hydrogens is 330 g/mol. The molecule has 2 aromatic heterocycles. The van der Waals surface area contributed by atoms with Gasteiger partial charge in [0.2, 0.25) is 5.76 Å². The first-order valence-electron chi connectivity index (χ1n) is 7.43. The molecule has 7 nitrogen and oxygen atoms in total. The van der Waals surface area contributed by atoms with Crippen LogP contribution in [-0.2, 0) is 6.54 Å². The first kappa shape index (κ1) is 16.1. The van der Waals surface area contributed by atoms with Crippen LogP contribution in [0.25, 0.3) is 10.2 Å². The molecule has 0 aliphatic carbocycles. The Hall–Kier alpha value is -2.74. The summed E-state index contributed by atoms with van der Waals surface area (Å²) in [4.78, 5) is 26.9. The van der Waals surface area contributed by atoms with E-state index < -0.39 is 16.7 Å². The number of aromatic nitrogens is 1. The lowest BCUT2D eigenvalue weighted by Crippen LogP contribution is -2.16. The van der Waals surface area contributed by atoms with Gasteiger partial charge in [0.1, 0.15) is 4.92 Å². The molecular formula is C16H15N3O4S. The number of amides is 1. The van der Waals surface area contributed by atoms with Gasteiger partial charge < -0.3 is 8.98 Å². The van der Waals surface area contributed by atoms with Crippen LogP contribution >= 0.6 is 11.3 Å². The summed E-state index contributed by atoms with van der Waals surface area (Å²) < 4.78 is 7.95. The molecule has 3 rings (SSSR count). The summed E-state index contributed by atoms with van der Waals surface area (Å²) in [6, 6.07) is 8.50. The van der Waals surface area contributed by atoms with Crippen LogP contribution in [0.15, 0.2) is 39.7 Å². The lowest BCUT2D eigenvalue weighted by molar-refractivity contribution is -0.402. The van der Waals surface area contributed by atoms with Crippen LogP contribution in [-0.4, -0.2) is 15.4 Å². The third-order valence-corrected chi connectivity index (χ3v) is 4.51. The molecule has 0 radical (unpaired) electrons. The van der Waals surface area contributed by atoms with E-state index in [1.54, 1.807) is 0 Å². The smallest absolute Gasteiger partial charge is 0.395 e. The van der Waals surface area contributed by atoms with E-state index in [-0.39, 0.29) is 5.76 Å². The molecule has 2 heterocycles. The van der Waals surface area contributed by atoms with Crippen LogP contribution in [0.2, 0.25) is 0 Å². The van der Waals surface area contributed by atoms with E-state index in [9.17, 15) is 14.9 Å². The van der Waals surface area contributed by atoms with Crippen molar-refractivity contribution in [2.45, 2.75) is 26.8 Å². The fourth-order valence-corrected chi connectivity index (χ4v) is 3.54. The van der Waals surface area contributed by atoms with E-state index in [4.69, 9.17) is 4.42 Å². The first-order valence-corrected chi connectivity index (χ1v) is 8.24. The summed E-state index contributed by atoms with van der Waals surface area (Å²) in [7, 11) is 0. The topological polar surface area (TPSA) is 90.6 Å². The molecule has 0 aliphatic heterocycles. The predicted molar refractivity (Wildman–Crippen MR) is 90.1 cm³/mol. The number of nitro groups is 1. The van der Waals surface area contributed by atoms with Crippen molar-refractivity contribution in [1.82, 2.24) is 4.57 Å². The molecule has 0 spiro atoms. The van der Waals surface area contributed by atoms with Crippen molar-refractivity contribution in [2.24, 2.45) is 4.99 Å².